The molecule has 7 nitrogen and oxygen atoms in total. The fraction of sp³-hybridized carbons (Fsp3) is 0.469. The maximum Gasteiger partial charge on any atom is 0.408 e. The van der Waals surface area contributed by atoms with Gasteiger partial charge >= 0.3 is 6.09 Å². The Balaban J connectivity index is 2.06. The van der Waals surface area contributed by atoms with Crippen LogP contribution in [0.1, 0.15) is 77.1 Å². The Morgan fingerprint density at radius 1 is 1.13 bits per heavy atom. The van der Waals surface area contributed by atoms with Crippen molar-refractivity contribution in [1.29, 1.82) is 0 Å². The number of amides is 3. The molecule has 0 radical (unpaired) electrons. The number of nitrogens with one attached hydrogen (secondary N) is 2. The molecule has 2 aromatic rings. The fourth-order valence-corrected chi connectivity index (χ4v) is 4.56. The third kappa shape index (κ3) is 7.63. The largest absolute Gasteiger partial charge is 0.444 e. The van der Waals surface area contributed by atoms with E-state index in [1.165, 1.54) is 0 Å². The van der Waals surface area contributed by atoms with Gasteiger partial charge in [-0.25, -0.2) is 4.79 Å². The van der Waals surface area contributed by atoms with Crippen LogP contribution in [-0.2, 0) is 14.3 Å². The third-order valence-electron chi connectivity index (χ3n) is 7.15. The predicted octanol–water partition coefficient (Wildman–Crippen LogP) is 5.83. The summed E-state index contributed by atoms with van der Waals surface area (Å²) in [5.74, 6) is 1.99. The average molecular weight is 532 g/mol. The monoisotopic (exact) mass is 531 g/mol. The van der Waals surface area contributed by atoms with Crippen LogP contribution in [0, 0.1) is 31.1 Å². The lowest BCUT2D eigenvalue weighted by Gasteiger charge is -2.36. The molecule has 3 amide bonds. The molecule has 3 rings (SSSR count). The Bertz CT molecular complexity index is 1230. The van der Waals surface area contributed by atoms with E-state index in [0.29, 0.717) is 23.2 Å². The fourth-order valence-electron chi connectivity index (χ4n) is 4.56. The number of terminal acetylenes is 1. The average Bonchev–Trinajstić information content (AvgIpc) is 3.60. The minimum Gasteiger partial charge on any atom is -0.444 e. The summed E-state index contributed by atoms with van der Waals surface area (Å²) in [6.07, 6.45) is 6.32. The second kappa shape index (κ2) is 12.4. The van der Waals surface area contributed by atoms with Gasteiger partial charge in [0.25, 0.3) is 5.91 Å². The van der Waals surface area contributed by atoms with Gasteiger partial charge in [0, 0.05) is 17.3 Å². The molecule has 5 atom stereocenters. The summed E-state index contributed by atoms with van der Waals surface area (Å²) in [7, 11) is 0. The number of carbonyl (C=O) groups excluding carboxylic acids is 3. The quantitative estimate of drug-likeness (QED) is 0.399. The zero-order valence-corrected chi connectivity index (χ0v) is 24.1. The van der Waals surface area contributed by atoms with Crippen LogP contribution >= 0.6 is 0 Å². The van der Waals surface area contributed by atoms with Gasteiger partial charge in [0.1, 0.15) is 17.7 Å². The van der Waals surface area contributed by atoms with Gasteiger partial charge in [-0.05, 0) is 75.3 Å². The molecule has 0 heterocycles. The lowest BCUT2D eigenvalue weighted by atomic mass is 9.95. The number of hydrogen-bond donors (Lipinski definition) is 2. The highest BCUT2D eigenvalue weighted by Gasteiger charge is 2.49. The molecule has 39 heavy (non-hydrogen) atoms. The molecule has 0 aromatic heterocycles. The first-order valence-electron chi connectivity index (χ1n) is 13.6. The van der Waals surface area contributed by atoms with E-state index in [4.69, 9.17) is 11.2 Å². The Morgan fingerprint density at radius 2 is 1.74 bits per heavy atom. The van der Waals surface area contributed by atoms with Crippen LogP contribution in [0.4, 0.5) is 10.5 Å². The van der Waals surface area contributed by atoms with Crippen molar-refractivity contribution in [3.63, 3.8) is 0 Å². The van der Waals surface area contributed by atoms with E-state index in [2.05, 4.69) is 23.5 Å². The van der Waals surface area contributed by atoms with Gasteiger partial charge in [-0.3, -0.25) is 9.59 Å². The zero-order chi connectivity index (χ0) is 28.9. The van der Waals surface area contributed by atoms with Gasteiger partial charge in [-0.1, -0.05) is 63.4 Å². The minimum atomic E-state index is -0.925. The van der Waals surface area contributed by atoms with Crippen LogP contribution in [0.15, 0.2) is 48.5 Å². The number of para-hydroxylation sites is 1. The van der Waals surface area contributed by atoms with Crippen molar-refractivity contribution < 1.29 is 19.1 Å². The molecule has 0 bridgehead atoms. The Hall–Kier alpha value is -3.79. The summed E-state index contributed by atoms with van der Waals surface area (Å²) in [5.41, 5.74) is 2.20. The van der Waals surface area contributed by atoms with Crippen molar-refractivity contribution in [3.05, 3.63) is 65.2 Å². The van der Waals surface area contributed by atoms with Crippen LogP contribution in [0.3, 0.4) is 0 Å². The normalized spacial score (nSPS) is 18.6. The third-order valence-corrected chi connectivity index (χ3v) is 7.15. The van der Waals surface area contributed by atoms with E-state index in [-0.39, 0.29) is 29.7 Å². The number of anilines is 1. The molecule has 1 aliphatic carbocycles. The zero-order valence-electron chi connectivity index (χ0n) is 24.1. The number of ether oxygens (including phenoxy) is 1. The highest BCUT2D eigenvalue weighted by atomic mass is 16.6. The van der Waals surface area contributed by atoms with Gasteiger partial charge in [-0.2, -0.15) is 0 Å². The van der Waals surface area contributed by atoms with Crippen molar-refractivity contribution in [2.75, 3.05) is 5.32 Å². The second-order valence-electron chi connectivity index (χ2n) is 11.5. The van der Waals surface area contributed by atoms with Gasteiger partial charge in [0.15, 0.2) is 0 Å². The first-order valence-corrected chi connectivity index (χ1v) is 13.6. The van der Waals surface area contributed by atoms with Gasteiger partial charge in [0.2, 0.25) is 5.91 Å². The summed E-state index contributed by atoms with van der Waals surface area (Å²) in [4.78, 5) is 42.8. The van der Waals surface area contributed by atoms with Gasteiger partial charge in [0.05, 0.1) is 0 Å². The molecular formula is C32H41N3O4. The van der Waals surface area contributed by atoms with E-state index < -0.39 is 23.8 Å². The summed E-state index contributed by atoms with van der Waals surface area (Å²) < 4.78 is 5.48. The molecule has 0 saturated heterocycles. The second-order valence-corrected chi connectivity index (χ2v) is 11.5. The number of hydrogen-bond acceptors (Lipinski definition) is 4. The van der Waals surface area contributed by atoms with E-state index in [0.717, 1.165) is 12.0 Å². The molecule has 0 aliphatic heterocycles. The van der Waals surface area contributed by atoms with Crippen LogP contribution < -0.4 is 10.6 Å². The highest BCUT2D eigenvalue weighted by Crippen LogP contribution is 2.41. The van der Waals surface area contributed by atoms with Crippen molar-refractivity contribution in [3.8, 4) is 12.3 Å². The summed E-state index contributed by atoms with van der Waals surface area (Å²) in [6.45, 7) is 13.2. The first kappa shape index (κ1) is 29.8. The number of rotatable bonds is 9. The molecule has 1 saturated carbocycles. The SMILES string of the molecule is C#Cc1ccc(C(C(=O)Nc2ccccc2C)N(C(=O)C(NC(=O)OC(C)(C)C)C(C)CC)C2CC2C)cc1. The molecule has 2 aromatic carbocycles. The van der Waals surface area contributed by atoms with Gasteiger partial charge < -0.3 is 20.3 Å². The number of nitrogens with zero attached hydrogens (tertiary/aromatic N) is 1. The van der Waals surface area contributed by atoms with E-state index in [9.17, 15) is 14.4 Å². The van der Waals surface area contributed by atoms with Gasteiger partial charge in [-0.15, -0.1) is 6.42 Å². The number of benzene rings is 2. The van der Waals surface area contributed by atoms with Crippen molar-refractivity contribution in [1.82, 2.24) is 10.2 Å². The van der Waals surface area contributed by atoms with Crippen LogP contribution in [0.5, 0.6) is 0 Å². The summed E-state index contributed by atoms with van der Waals surface area (Å²) in [5, 5.41) is 5.85. The molecule has 1 aliphatic rings. The van der Waals surface area contributed by atoms with Crippen LogP contribution in [-0.4, -0.2) is 40.5 Å². The van der Waals surface area contributed by atoms with E-state index in [1.807, 2.05) is 45.0 Å². The lowest BCUT2D eigenvalue weighted by Crippen LogP contribution is -2.55. The summed E-state index contributed by atoms with van der Waals surface area (Å²) >= 11 is 0. The Kier molecular flexibility index (Phi) is 9.45. The number of aryl methyl sites for hydroxylation is 1. The standard InChI is InChI=1S/C32H41N3O4/c1-9-20(3)27(34-31(38)39-32(6,7)8)30(37)35(26-19-22(26)5)28(24-17-15-23(10-2)16-18-24)29(36)33-25-14-12-11-13-21(25)4/h2,11-18,20,22,26-28H,9,19H2,1,3-8H3,(H,33,36)(H,34,38). The van der Waals surface area contributed by atoms with Crippen molar-refractivity contribution >= 4 is 23.6 Å². The maximum atomic E-state index is 14.4. The first-order chi connectivity index (χ1) is 18.4. The molecule has 2 N–H and O–H groups in total. The number of carbonyl (C=O) groups is 3. The Labute approximate surface area is 232 Å². The molecular weight excluding hydrogens is 490 g/mol. The molecule has 208 valence electrons. The van der Waals surface area contributed by atoms with Crippen molar-refractivity contribution in [2.24, 2.45) is 11.8 Å². The molecule has 0 spiro atoms. The van der Waals surface area contributed by atoms with Crippen LogP contribution in [0.2, 0.25) is 0 Å². The highest BCUT2D eigenvalue weighted by molar-refractivity contribution is 5.99. The molecule has 1 fully saturated rings. The Morgan fingerprint density at radius 3 is 2.26 bits per heavy atom. The lowest BCUT2D eigenvalue weighted by molar-refractivity contribution is -0.142. The summed E-state index contributed by atoms with van der Waals surface area (Å²) in [6, 6.07) is 12.7. The molecule has 5 unspecified atom stereocenters. The number of alkyl carbamates (subject to hydrolysis) is 1. The molecule has 7 heteroatoms. The van der Waals surface area contributed by atoms with Crippen molar-refractivity contribution in [2.45, 2.75) is 85.0 Å². The minimum absolute atomic E-state index is 0.149. The van der Waals surface area contributed by atoms with E-state index >= 15 is 0 Å². The predicted molar refractivity (Wildman–Crippen MR) is 154 cm³/mol. The van der Waals surface area contributed by atoms with Crippen LogP contribution in [0.25, 0.3) is 0 Å². The smallest absolute Gasteiger partial charge is 0.408 e. The maximum absolute atomic E-state index is 14.4. The van der Waals surface area contributed by atoms with E-state index in [1.54, 1.807) is 49.9 Å². The topological polar surface area (TPSA) is 87.7 Å².